The Labute approximate surface area is 119 Å². The molecule has 0 bridgehead atoms. The van der Waals surface area contributed by atoms with Crippen LogP contribution in [0.4, 0.5) is 0 Å². The second-order valence-corrected chi connectivity index (χ2v) is 4.80. The van der Waals surface area contributed by atoms with Crippen LogP contribution in [0.1, 0.15) is 49.9 Å². The minimum atomic E-state index is 0.0122. The molecule has 0 radical (unpaired) electrons. The lowest BCUT2D eigenvalue weighted by atomic mass is 10.1. The zero-order valence-electron chi connectivity index (χ0n) is 12.4. The molecule has 0 aliphatic carbocycles. The number of hydrogen-bond acceptors (Lipinski definition) is 5. The topological polar surface area (TPSA) is 68.5 Å². The summed E-state index contributed by atoms with van der Waals surface area (Å²) in [4.78, 5) is 8.71. The van der Waals surface area contributed by atoms with Crippen molar-refractivity contribution in [1.29, 1.82) is 0 Å². The van der Waals surface area contributed by atoms with Crippen molar-refractivity contribution in [3.63, 3.8) is 0 Å². The van der Waals surface area contributed by atoms with Gasteiger partial charge in [-0.2, -0.15) is 0 Å². The highest BCUT2D eigenvalue weighted by atomic mass is 15.4. The number of nitrogens with one attached hydrogen (secondary N) is 1. The average Bonchev–Trinajstić information content (AvgIpc) is 2.88. The molecule has 0 aliphatic rings. The van der Waals surface area contributed by atoms with E-state index in [2.05, 4.69) is 39.4 Å². The molecule has 0 aromatic carbocycles. The maximum Gasteiger partial charge on any atom is 0.125 e. The van der Waals surface area contributed by atoms with Crippen molar-refractivity contribution in [1.82, 2.24) is 30.3 Å². The molecule has 0 aliphatic heterocycles. The minimum Gasteiger partial charge on any atom is -0.304 e. The highest BCUT2D eigenvalue weighted by Crippen LogP contribution is 2.19. The van der Waals surface area contributed by atoms with E-state index in [4.69, 9.17) is 0 Å². The second kappa shape index (κ2) is 7.09. The zero-order chi connectivity index (χ0) is 14.4. The molecule has 1 atom stereocenters. The van der Waals surface area contributed by atoms with E-state index in [1.165, 1.54) is 0 Å². The smallest absolute Gasteiger partial charge is 0.125 e. The van der Waals surface area contributed by atoms with Crippen molar-refractivity contribution >= 4 is 0 Å². The Morgan fingerprint density at radius 3 is 2.85 bits per heavy atom. The molecule has 108 valence electrons. The van der Waals surface area contributed by atoms with E-state index in [0.717, 1.165) is 43.1 Å². The Bertz CT molecular complexity index is 536. The molecular weight excluding hydrogens is 252 g/mol. The summed E-state index contributed by atoms with van der Waals surface area (Å²) < 4.78 is 1.95. The molecule has 2 rings (SSSR count). The van der Waals surface area contributed by atoms with Gasteiger partial charge >= 0.3 is 0 Å². The lowest BCUT2D eigenvalue weighted by Gasteiger charge is -2.18. The van der Waals surface area contributed by atoms with Gasteiger partial charge in [-0.1, -0.05) is 19.1 Å². The number of nitrogens with zero attached hydrogens (tertiary/aromatic N) is 5. The molecule has 0 saturated carbocycles. The van der Waals surface area contributed by atoms with E-state index in [1.54, 1.807) is 6.20 Å². The number of aromatic nitrogens is 5. The van der Waals surface area contributed by atoms with Gasteiger partial charge in [0.1, 0.15) is 5.82 Å². The van der Waals surface area contributed by atoms with Gasteiger partial charge in [-0.25, -0.2) is 14.6 Å². The fraction of sp³-hybridized carbons (Fsp3) is 0.571. The van der Waals surface area contributed by atoms with Crippen LogP contribution >= 0.6 is 0 Å². The first-order valence-electron chi connectivity index (χ1n) is 7.17. The maximum absolute atomic E-state index is 4.54. The normalized spacial score (nSPS) is 12.6. The van der Waals surface area contributed by atoms with Gasteiger partial charge in [-0.3, -0.25) is 0 Å². The summed E-state index contributed by atoms with van der Waals surface area (Å²) in [6.07, 6.45) is 5.71. The van der Waals surface area contributed by atoms with Gasteiger partial charge in [0.15, 0.2) is 0 Å². The highest BCUT2D eigenvalue weighted by molar-refractivity contribution is 5.19. The lowest BCUT2D eigenvalue weighted by molar-refractivity contribution is 0.498. The first-order chi connectivity index (χ1) is 9.76. The first kappa shape index (κ1) is 14.6. The Kier molecular flexibility index (Phi) is 5.17. The van der Waals surface area contributed by atoms with Crippen molar-refractivity contribution in [2.75, 3.05) is 6.54 Å². The largest absolute Gasteiger partial charge is 0.304 e. The predicted molar refractivity (Wildman–Crippen MR) is 77.2 cm³/mol. The number of rotatable bonds is 7. The molecule has 6 nitrogen and oxygen atoms in total. The molecule has 1 unspecified atom stereocenters. The summed E-state index contributed by atoms with van der Waals surface area (Å²) in [5.41, 5.74) is 2.02. The number of hydrogen-bond donors (Lipinski definition) is 1. The third-order valence-electron chi connectivity index (χ3n) is 3.07. The summed E-state index contributed by atoms with van der Waals surface area (Å²) in [5.74, 6) is 0.778. The average molecular weight is 274 g/mol. The molecule has 2 heterocycles. The van der Waals surface area contributed by atoms with Gasteiger partial charge in [0.05, 0.1) is 23.6 Å². The monoisotopic (exact) mass is 274 g/mol. The fourth-order valence-electron chi connectivity index (χ4n) is 2.16. The first-order valence-corrected chi connectivity index (χ1v) is 7.17. The molecule has 2 aromatic rings. The molecule has 20 heavy (non-hydrogen) atoms. The van der Waals surface area contributed by atoms with Gasteiger partial charge in [-0.15, -0.1) is 5.10 Å². The lowest BCUT2D eigenvalue weighted by Crippen LogP contribution is -2.27. The van der Waals surface area contributed by atoms with Gasteiger partial charge in [0.25, 0.3) is 0 Å². The molecule has 0 saturated heterocycles. The van der Waals surface area contributed by atoms with Crippen LogP contribution in [-0.2, 0) is 6.54 Å². The van der Waals surface area contributed by atoms with Crippen molar-refractivity contribution in [3.05, 3.63) is 35.7 Å². The zero-order valence-corrected chi connectivity index (χ0v) is 12.4. The highest BCUT2D eigenvalue weighted by Gasteiger charge is 2.19. The van der Waals surface area contributed by atoms with Crippen LogP contribution in [0.2, 0.25) is 0 Å². The van der Waals surface area contributed by atoms with Crippen LogP contribution in [-0.4, -0.2) is 31.5 Å². The van der Waals surface area contributed by atoms with Gasteiger partial charge in [0.2, 0.25) is 0 Å². The second-order valence-electron chi connectivity index (χ2n) is 4.80. The fourth-order valence-corrected chi connectivity index (χ4v) is 2.16. The molecule has 6 heteroatoms. The van der Waals surface area contributed by atoms with Gasteiger partial charge in [0, 0.05) is 12.7 Å². The molecular formula is C14H22N6. The predicted octanol–water partition coefficient (Wildman–Crippen LogP) is 1.88. The van der Waals surface area contributed by atoms with E-state index in [9.17, 15) is 0 Å². The summed E-state index contributed by atoms with van der Waals surface area (Å²) in [5, 5.41) is 11.7. The summed E-state index contributed by atoms with van der Waals surface area (Å²) in [6, 6.07) is 1.96. The Morgan fingerprint density at radius 2 is 2.15 bits per heavy atom. The van der Waals surface area contributed by atoms with Crippen LogP contribution < -0.4 is 5.32 Å². The number of aryl methyl sites for hydroxylation is 2. The maximum atomic E-state index is 4.54. The molecule has 2 aromatic heterocycles. The molecule has 1 N–H and O–H groups in total. The van der Waals surface area contributed by atoms with E-state index in [-0.39, 0.29) is 6.04 Å². The van der Waals surface area contributed by atoms with Crippen LogP contribution in [0, 0.1) is 6.92 Å². The van der Waals surface area contributed by atoms with Crippen molar-refractivity contribution in [3.8, 4) is 0 Å². The SMILES string of the molecule is CCCNC(c1ccnc(C)n1)c1cnnn1CCC. The van der Waals surface area contributed by atoms with E-state index in [1.807, 2.05) is 23.9 Å². The van der Waals surface area contributed by atoms with Gasteiger partial charge in [-0.05, 0) is 32.4 Å². The van der Waals surface area contributed by atoms with Crippen molar-refractivity contribution in [2.45, 2.75) is 46.2 Å². The van der Waals surface area contributed by atoms with E-state index >= 15 is 0 Å². The summed E-state index contributed by atoms with van der Waals surface area (Å²) in [7, 11) is 0. The Hall–Kier alpha value is -1.82. The Balaban J connectivity index is 2.33. The van der Waals surface area contributed by atoms with Crippen molar-refractivity contribution in [2.24, 2.45) is 0 Å². The standard InChI is InChI=1S/C14H22N6/c1-4-7-16-14(12-6-8-15-11(3)18-12)13-10-17-19-20(13)9-5-2/h6,8,10,14,16H,4-5,7,9H2,1-3H3. The third-order valence-corrected chi connectivity index (χ3v) is 3.07. The molecule has 0 amide bonds. The van der Waals surface area contributed by atoms with Crippen LogP contribution in [0.3, 0.4) is 0 Å². The van der Waals surface area contributed by atoms with E-state index < -0.39 is 0 Å². The Morgan fingerprint density at radius 1 is 1.30 bits per heavy atom. The quantitative estimate of drug-likeness (QED) is 0.835. The summed E-state index contributed by atoms with van der Waals surface area (Å²) >= 11 is 0. The third kappa shape index (κ3) is 3.39. The van der Waals surface area contributed by atoms with Crippen molar-refractivity contribution < 1.29 is 0 Å². The summed E-state index contributed by atoms with van der Waals surface area (Å²) in [6.45, 7) is 7.97. The molecule has 0 fully saturated rings. The van der Waals surface area contributed by atoms with Crippen LogP contribution in [0.15, 0.2) is 18.5 Å². The van der Waals surface area contributed by atoms with Crippen LogP contribution in [0.5, 0.6) is 0 Å². The van der Waals surface area contributed by atoms with Crippen LogP contribution in [0.25, 0.3) is 0 Å². The minimum absolute atomic E-state index is 0.0122. The van der Waals surface area contributed by atoms with Gasteiger partial charge < -0.3 is 5.32 Å². The van der Waals surface area contributed by atoms with E-state index in [0.29, 0.717) is 0 Å². The molecule has 0 spiro atoms.